The summed E-state index contributed by atoms with van der Waals surface area (Å²) in [4.78, 5) is 59.2. The molecule has 0 bridgehead atoms. The van der Waals surface area contributed by atoms with Crippen molar-refractivity contribution in [2.75, 3.05) is 19.6 Å². The highest BCUT2D eigenvalue weighted by molar-refractivity contribution is 5.94. The number of benzene rings is 1. The predicted molar refractivity (Wildman–Crippen MR) is 166 cm³/mol. The van der Waals surface area contributed by atoms with Gasteiger partial charge in [-0.25, -0.2) is 4.79 Å². The molecule has 0 aliphatic heterocycles. The quantitative estimate of drug-likeness (QED) is 0.0372. The predicted octanol–water partition coefficient (Wildman–Crippen LogP) is -2.96. The van der Waals surface area contributed by atoms with Gasteiger partial charge in [0, 0.05) is 19.5 Å². The SMILES string of the molecule is NCCCCC(N)C(=O)NC(Cc1ccc(O)cc1)C(=O)NC(CCCN=C(N)N)C(=O)NC(CCCN=C(N)N)C(=O)O. The molecule has 246 valence electrons. The number of nitrogens with two attached hydrogens (primary N) is 6. The van der Waals surface area contributed by atoms with Crippen LogP contribution in [0.25, 0.3) is 0 Å². The fourth-order valence-electron chi connectivity index (χ4n) is 4.07. The van der Waals surface area contributed by atoms with Crippen LogP contribution in [-0.4, -0.2) is 89.6 Å². The van der Waals surface area contributed by atoms with E-state index in [4.69, 9.17) is 34.4 Å². The second-order valence-corrected chi connectivity index (χ2v) is 10.2. The van der Waals surface area contributed by atoms with Crippen molar-refractivity contribution in [2.24, 2.45) is 44.4 Å². The van der Waals surface area contributed by atoms with Crippen molar-refractivity contribution >= 4 is 35.6 Å². The number of nitrogens with one attached hydrogen (secondary N) is 3. The summed E-state index contributed by atoms with van der Waals surface area (Å²) in [5.41, 5.74) is 33.5. The summed E-state index contributed by atoms with van der Waals surface area (Å²) in [6.07, 6.45) is 2.27. The summed E-state index contributed by atoms with van der Waals surface area (Å²) in [5, 5.41) is 27.0. The first-order valence-electron chi connectivity index (χ1n) is 14.3. The average Bonchev–Trinajstić information content (AvgIpc) is 2.96. The van der Waals surface area contributed by atoms with Crippen LogP contribution in [0.1, 0.15) is 50.5 Å². The van der Waals surface area contributed by atoms with Gasteiger partial charge in [0.05, 0.1) is 6.04 Å². The maximum atomic E-state index is 13.5. The zero-order chi connectivity index (χ0) is 33.1. The number of carbonyl (C=O) groups is 4. The van der Waals surface area contributed by atoms with E-state index in [1.165, 1.54) is 12.1 Å². The number of amides is 3. The molecule has 0 aliphatic rings. The number of carboxylic acids is 1. The summed E-state index contributed by atoms with van der Waals surface area (Å²) in [7, 11) is 0. The Hall–Kier alpha value is -4.64. The van der Waals surface area contributed by atoms with Crippen LogP contribution in [-0.2, 0) is 25.6 Å². The molecular weight excluding hydrogens is 574 g/mol. The van der Waals surface area contributed by atoms with Crippen LogP contribution in [0, 0.1) is 0 Å². The highest BCUT2D eigenvalue weighted by Gasteiger charge is 2.30. The second-order valence-electron chi connectivity index (χ2n) is 10.2. The molecule has 17 N–H and O–H groups in total. The number of unbranched alkanes of at least 4 members (excludes halogenated alkanes) is 1. The number of guanidine groups is 2. The van der Waals surface area contributed by atoms with Gasteiger partial charge in [-0.05, 0) is 62.8 Å². The van der Waals surface area contributed by atoms with Gasteiger partial charge in [-0.15, -0.1) is 0 Å². The standard InChI is InChI=1S/C27H47N11O6/c28-12-2-1-5-18(29)22(40)38-21(15-16-8-10-17(39)11-9-16)24(42)36-19(6-3-13-34-26(30)31)23(41)37-20(25(43)44)7-4-14-35-27(32)33/h8-11,18-21,39H,1-7,12-15,28-29H2,(H,36,42)(H,37,41)(H,38,40)(H,43,44)(H4,30,31,34)(H4,32,33,35). The van der Waals surface area contributed by atoms with Gasteiger partial charge in [0.1, 0.15) is 23.9 Å². The zero-order valence-electron chi connectivity index (χ0n) is 24.8. The van der Waals surface area contributed by atoms with Crippen molar-refractivity contribution in [3.05, 3.63) is 29.8 Å². The summed E-state index contributed by atoms with van der Waals surface area (Å²) in [6, 6.07) is 1.50. The number of rotatable bonds is 21. The van der Waals surface area contributed by atoms with Crippen molar-refractivity contribution in [3.63, 3.8) is 0 Å². The van der Waals surface area contributed by atoms with Crippen molar-refractivity contribution < 1.29 is 29.4 Å². The number of nitrogens with zero attached hydrogens (tertiary/aromatic N) is 2. The Kier molecular flexibility index (Phi) is 17.2. The fourth-order valence-corrected chi connectivity index (χ4v) is 4.07. The number of carboxylic acid groups (broad SMARTS) is 1. The summed E-state index contributed by atoms with van der Waals surface area (Å²) < 4.78 is 0. The normalized spacial score (nSPS) is 13.4. The van der Waals surface area contributed by atoms with E-state index in [0.29, 0.717) is 31.4 Å². The Labute approximate surface area is 256 Å². The third-order valence-electron chi connectivity index (χ3n) is 6.45. The molecule has 4 atom stereocenters. The Morgan fingerprint density at radius 1 is 0.705 bits per heavy atom. The van der Waals surface area contributed by atoms with E-state index >= 15 is 0 Å². The molecule has 4 unspecified atom stereocenters. The lowest BCUT2D eigenvalue weighted by Crippen LogP contribution is -2.57. The molecule has 1 rings (SSSR count). The van der Waals surface area contributed by atoms with Gasteiger partial charge in [-0.2, -0.15) is 0 Å². The number of aliphatic imine (C=N–C) groups is 2. The smallest absolute Gasteiger partial charge is 0.326 e. The fraction of sp³-hybridized carbons (Fsp3) is 0.556. The van der Waals surface area contributed by atoms with Gasteiger partial charge < -0.3 is 60.6 Å². The molecule has 3 amide bonds. The van der Waals surface area contributed by atoms with Gasteiger partial charge >= 0.3 is 5.97 Å². The third kappa shape index (κ3) is 15.5. The zero-order valence-corrected chi connectivity index (χ0v) is 24.8. The summed E-state index contributed by atoms with van der Waals surface area (Å²) >= 11 is 0. The first-order valence-corrected chi connectivity index (χ1v) is 14.3. The maximum absolute atomic E-state index is 13.5. The van der Waals surface area contributed by atoms with Crippen molar-refractivity contribution in [1.82, 2.24) is 16.0 Å². The van der Waals surface area contributed by atoms with Crippen LogP contribution in [0.5, 0.6) is 5.75 Å². The molecule has 0 saturated carbocycles. The Morgan fingerprint density at radius 2 is 1.20 bits per heavy atom. The van der Waals surface area contributed by atoms with Crippen LogP contribution in [0.3, 0.4) is 0 Å². The lowest BCUT2D eigenvalue weighted by molar-refractivity contribution is -0.142. The van der Waals surface area contributed by atoms with E-state index in [0.717, 1.165) is 0 Å². The summed E-state index contributed by atoms with van der Waals surface area (Å²) in [6.45, 7) is 0.758. The van der Waals surface area contributed by atoms with Gasteiger partial charge in [0.15, 0.2) is 11.9 Å². The second kappa shape index (κ2) is 20.3. The van der Waals surface area contributed by atoms with E-state index in [-0.39, 0.29) is 62.9 Å². The average molecular weight is 622 g/mol. The molecule has 0 heterocycles. The number of aliphatic carboxylic acids is 1. The van der Waals surface area contributed by atoms with E-state index < -0.39 is 47.9 Å². The lowest BCUT2D eigenvalue weighted by atomic mass is 10.0. The largest absolute Gasteiger partial charge is 0.508 e. The minimum absolute atomic E-state index is 0.0122. The Balaban J connectivity index is 3.15. The molecule has 0 aromatic heterocycles. The van der Waals surface area contributed by atoms with E-state index in [1.54, 1.807) is 12.1 Å². The van der Waals surface area contributed by atoms with Crippen molar-refractivity contribution in [3.8, 4) is 5.75 Å². The van der Waals surface area contributed by atoms with Crippen LogP contribution in [0.2, 0.25) is 0 Å². The van der Waals surface area contributed by atoms with Crippen molar-refractivity contribution in [1.29, 1.82) is 0 Å². The van der Waals surface area contributed by atoms with Crippen LogP contribution >= 0.6 is 0 Å². The molecule has 0 saturated heterocycles. The number of aromatic hydroxyl groups is 1. The number of hydrogen-bond acceptors (Lipinski definition) is 9. The van der Waals surface area contributed by atoms with Crippen LogP contribution in [0.4, 0.5) is 0 Å². The molecule has 44 heavy (non-hydrogen) atoms. The monoisotopic (exact) mass is 621 g/mol. The minimum Gasteiger partial charge on any atom is -0.508 e. The lowest BCUT2D eigenvalue weighted by Gasteiger charge is -2.25. The molecule has 1 aromatic carbocycles. The summed E-state index contributed by atoms with van der Waals surface area (Å²) in [5.74, 6) is -3.59. The van der Waals surface area contributed by atoms with Crippen LogP contribution in [0.15, 0.2) is 34.3 Å². The van der Waals surface area contributed by atoms with E-state index in [9.17, 15) is 29.4 Å². The first kappa shape index (κ1) is 37.4. The van der Waals surface area contributed by atoms with Gasteiger partial charge in [0.2, 0.25) is 17.7 Å². The van der Waals surface area contributed by atoms with Gasteiger partial charge in [0.25, 0.3) is 0 Å². The molecule has 17 nitrogen and oxygen atoms in total. The van der Waals surface area contributed by atoms with Crippen molar-refractivity contribution in [2.45, 2.75) is 75.5 Å². The molecule has 17 heteroatoms. The van der Waals surface area contributed by atoms with Gasteiger partial charge in [-0.3, -0.25) is 24.4 Å². The highest BCUT2D eigenvalue weighted by atomic mass is 16.4. The number of hydrogen-bond donors (Lipinski definition) is 11. The maximum Gasteiger partial charge on any atom is 0.326 e. The Morgan fingerprint density at radius 3 is 1.73 bits per heavy atom. The van der Waals surface area contributed by atoms with E-state index in [2.05, 4.69) is 25.9 Å². The topological polar surface area (TPSA) is 326 Å². The molecule has 0 spiro atoms. The van der Waals surface area contributed by atoms with Crippen LogP contribution < -0.4 is 50.4 Å². The number of phenols is 1. The molecule has 0 fully saturated rings. The first-order chi connectivity index (χ1) is 20.8. The molecule has 0 radical (unpaired) electrons. The van der Waals surface area contributed by atoms with E-state index in [1.807, 2.05) is 0 Å². The van der Waals surface area contributed by atoms with Gasteiger partial charge in [-0.1, -0.05) is 18.6 Å². The minimum atomic E-state index is -1.28. The molecule has 0 aliphatic carbocycles. The molecule has 1 aromatic rings. The number of phenolic OH excluding ortho intramolecular Hbond substituents is 1. The third-order valence-corrected chi connectivity index (χ3v) is 6.45. The molecular formula is C27H47N11O6. The number of carbonyl (C=O) groups excluding carboxylic acids is 3. The Bertz CT molecular complexity index is 1120. The highest BCUT2D eigenvalue weighted by Crippen LogP contribution is 2.12.